The monoisotopic (exact) mass is 259 g/mol. The zero-order chi connectivity index (χ0) is 12.4. The van der Waals surface area contributed by atoms with Crippen LogP contribution < -0.4 is 5.73 Å². The molecule has 4 rings (SSSR count). The zero-order valence-electron chi connectivity index (χ0n) is 10.2. The van der Waals surface area contributed by atoms with Crippen LogP contribution >= 0.6 is 7.60 Å². The molecular weight excluding hydrogens is 237 g/mol. The maximum absolute atomic E-state index is 11.6. The summed E-state index contributed by atoms with van der Waals surface area (Å²) >= 11 is 0. The predicted molar refractivity (Wildman–Crippen MR) is 65.5 cm³/mol. The molecule has 4 nitrogen and oxygen atoms in total. The first kappa shape index (κ1) is 12.2. The molecule has 4 N–H and O–H groups in total. The first-order chi connectivity index (χ1) is 7.81. The van der Waals surface area contributed by atoms with Crippen LogP contribution in [-0.4, -0.2) is 21.0 Å². The van der Waals surface area contributed by atoms with Gasteiger partial charge in [0, 0.05) is 5.54 Å². The van der Waals surface area contributed by atoms with E-state index >= 15 is 0 Å². The summed E-state index contributed by atoms with van der Waals surface area (Å²) in [6.45, 7) is 1.66. The second-order valence-electron chi connectivity index (χ2n) is 6.57. The second-order valence-corrected chi connectivity index (χ2v) is 8.52. The molecule has 4 aliphatic rings. The van der Waals surface area contributed by atoms with E-state index < -0.39 is 18.8 Å². The van der Waals surface area contributed by atoms with E-state index in [0.29, 0.717) is 11.8 Å². The summed E-state index contributed by atoms with van der Waals surface area (Å²) in [7, 11) is -4.07. The van der Waals surface area contributed by atoms with E-state index in [1.807, 2.05) is 0 Å². The quantitative estimate of drug-likeness (QED) is 0.659. The highest BCUT2D eigenvalue weighted by Gasteiger charge is 2.60. The van der Waals surface area contributed by atoms with Crippen molar-refractivity contribution < 1.29 is 14.4 Å². The van der Waals surface area contributed by atoms with Crippen LogP contribution in [0.15, 0.2) is 0 Å². The summed E-state index contributed by atoms with van der Waals surface area (Å²) in [6, 6.07) is 0. The van der Waals surface area contributed by atoms with Crippen molar-refractivity contribution in [2.45, 2.75) is 50.2 Å². The maximum Gasteiger partial charge on any atom is 0.330 e. The Labute approximate surface area is 102 Å². The normalized spacial score (nSPS) is 50.6. The Morgan fingerprint density at radius 2 is 1.53 bits per heavy atom. The molecule has 17 heavy (non-hydrogen) atoms. The molecule has 4 bridgehead atoms. The molecule has 0 aromatic rings. The summed E-state index contributed by atoms with van der Waals surface area (Å²) < 4.78 is 11.6. The molecule has 4 saturated carbocycles. The van der Waals surface area contributed by atoms with E-state index in [-0.39, 0.29) is 0 Å². The van der Waals surface area contributed by atoms with Crippen LogP contribution in [0.3, 0.4) is 0 Å². The topological polar surface area (TPSA) is 83.6 Å². The Morgan fingerprint density at radius 3 is 1.88 bits per heavy atom. The largest absolute Gasteiger partial charge is 0.330 e. The van der Waals surface area contributed by atoms with Crippen molar-refractivity contribution in [2.75, 3.05) is 0 Å². The van der Waals surface area contributed by atoms with Crippen molar-refractivity contribution in [1.82, 2.24) is 0 Å². The van der Waals surface area contributed by atoms with Crippen molar-refractivity contribution in [2.24, 2.45) is 29.4 Å². The van der Waals surface area contributed by atoms with Crippen LogP contribution in [0.25, 0.3) is 0 Å². The van der Waals surface area contributed by atoms with Gasteiger partial charge >= 0.3 is 7.60 Å². The van der Waals surface area contributed by atoms with Crippen molar-refractivity contribution in [1.29, 1.82) is 0 Å². The fourth-order valence-electron chi connectivity index (χ4n) is 4.97. The van der Waals surface area contributed by atoms with Gasteiger partial charge in [0.2, 0.25) is 0 Å². The third kappa shape index (κ3) is 1.65. The molecule has 0 heterocycles. The summed E-state index contributed by atoms with van der Waals surface area (Å²) in [5.41, 5.74) is 5.22. The van der Waals surface area contributed by atoms with Crippen LogP contribution in [0.1, 0.15) is 39.0 Å². The molecule has 0 radical (unpaired) electrons. The van der Waals surface area contributed by atoms with Crippen molar-refractivity contribution >= 4 is 7.60 Å². The van der Waals surface area contributed by atoms with Gasteiger partial charge in [-0.1, -0.05) is 0 Å². The Hall–Kier alpha value is 0.110. The Bertz CT molecular complexity index is 350. The van der Waals surface area contributed by atoms with Crippen molar-refractivity contribution in [3.05, 3.63) is 0 Å². The van der Waals surface area contributed by atoms with Crippen LogP contribution in [-0.2, 0) is 4.57 Å². The molecule has 0 aliphatic heterocycles. The minimum Gasteiger partial charge on any atom is -0.324 e. The van der Waals surface area contributed by atoms with Gasteiger partial charge in [0.1, 0.15) is 0 Å². The maximum atomic E-state index is 11.6. The highest BCUT2D eigenvalue weighted by molar-refractivity contribution is 7.52. The fourth-order valence-corrected chi connectivity index (χ4v) is 5.98. The minimum absolute atomic E-state index is 0.335. The molecule has 0 aromatic heterocycles. The van der Waals surface area contributed by atoms with Gasteiger partial charge < -0.3 is 15.5 Å². The Kier molecular flexibility index (Phi) is 2.55. The van der Waals surface area contributed by atoms with Gasteiger partial charge in [-0.25, -0.2) is 0 Å². The molecule has 98 valence electrons. The zero-order valence-corrected chi connectivity index (χ0v) is 11.1. The lowest BCUT2D eigenvalue weighted by Crippen LogP contribution is -2.67. The highest BCUT2D eigenvalue weighted by atomic mass is 31.2. The summed E-state index contributed by atoms with van der Waals surface area (Å²) in [5, 5.41) is 0. The molecule has 1 atom stereocenters. The lowest BCUT2D eigenvalue weighted by atomic mass is 9.48. The number of hydrogen-bond donors (Lipinski definition) is 3. The van der Waals surface area contributed by atoms with Crippen LogP contribution in [0.5, 0.6) is 0 Å². The third-order valence-corrected chi connectivity index (χ3v) is 7.24. The van der Waals surface area contributed by atoms with Crippen LogP contribution in [0.4, 0.5) is 0 Å². The molecule has 4 fully saturated rings. The highest BCUT2D eigenvalue weighted by Crippen LogP contribution is 2.62. The lowest BCUT2D eigenvalue weighted by molar-refractivity contribution is -0.0572. The summed E-state index contributed by atoms with van der Waals surface area (Å²) in [4.78, 5) is 18.9. The molecule has 0 amide bonds. The standard InChI is InChI=1S/C12H22NO3P/c1-7(17(14,15)16)12(13)10-3-8-2-9(5-10)6-11(12)4-8/h7-11H,2-6,13H2,1H3,(H2,14,15,16). The van der Waals surface area contributed by atoms with E-state index in [1.165, 1.54) is 6.42 Å². The van der Waals surface area contributed by atoms with Crippen molar-refractivity contribution in [3.63, 3.8) is 0 Å². The van der Waals surface area contributed by atoms with Crippen LogP contribution in [0.2, 0.25) is 0 Å². The molecule has 0 saturated heterocycles. The van der Waals surface area contributed by atoms with E-state index in [0.717, 1.165) is 37.5 Å². The first-order valence-corrected chi connectivity index (χ1v) is 8.34. The summed E-state index contributed by atoms with van der Waals surface area (Å²) in [5.74, 6) is 2.22. The number of rotatable bonds is 2. The minimum atomic E-state index is -4.07. The van der Waals surface area contributed by atoms with E-state index in [2.05, 4.69) is 0 Å². The van der Waals surface area contributed by atoms with Gasteiger partial charge in [0.15, 0.2) is 0 Å². The fraction of sp³-hybridized carbons (Fsp3) is 1.00. The van der Waals surface area contributed by atoms with E-state index in [9.17, 15) is 14.4 Å². The van der Waals surface area contributed by atoms with Gasteiger partial charge in [-0.05, 0) is 62.7 Å². The summed E-state index contributed by atoms with van der Waals surface area (Å²) in [6.07, 6.45) is 5.69. The number of hydrogen-bond acceptors (Lipinski definition) is 2. The van der Waals surface area contributed by atoms with Gasteiger partial charge in [-0.3, -0.25) is 4.57 Å². The molecule has 4 aliphatic carbocycles. The van der Waals surface area contributed by atoms with Crippen molar-refractivity contribution in [3.8, 4) is 0 Å². The van der Waals surface area contributed by atoms with Gasteiger partial charge in [-0.15, -0.1) is 0 Å². The van der Waals surface area contributed by atoms with Gasteiger partial charge in [0.05, 0.1) is 5.66 Å². The van der Waals surface area contributed by atoms with Gasteiger partial charge in [-0.2, -0.15) is 0 Å². The predicted octanol–water partition coefficient (Wildman–Crippen LogP) is 1.71. The first-order valence-electron chi connectivity index (χ1n) is 6.66. The average molecular weight is 259 g/mol. The lowest BCUT2D eigenvalue weighted by Gasteiger charge is -2.61. The van der Waals surface area contributed by atoms with Crippen LogP contribution in [0, 0.1) is 23.7 Å². The second kappa shape index (κ2) is 3.57. The third-order valence-electron chi connectivity index (χ3n) is 5.78. The molecule has 0 aromatic carbocycles. The average Bonchev–Trinajstić information content (AvgIpc) is 2.22. The number of nitrogens with two attached hydrogens (primary N) is 1. The van der Waals surface area contributed by atoms with E-state index in [4.69, 9.17) is 5.73 Å². The molecule has 0 spiro atoms. The van der Waals surface area contributed by atoms with Gasteiger partial charge in [0.25, 0.3) is 0 Å². The molecule has 5 heteroatoms. The van der Waals surface area contributed by atoms with E-state index in [1.54, 1.807) is 6.92 Å². The smallest absolute Gasteiger partial charge is 0.324 e. The Morgan fingerprint density at radius 1 is 1.12 bits per heavy atom. The Balaban J connectivity index is 1.95. The molecule has 1 unspecified atom stereocenters. The SMILES string of the molecule is CC(C1(N)C2CC3CC(C2)CC1C3)P(=O)(O)O. The molecular formula is C12H22NO3P.